The minimum absolute atomic E-state index is 0.0718. The van der Waals surface area contributed by atoms with Crippen LogP contribution in [0.4, 0.5) is 4.39 Å². The van der Waals surface area contributed by atoms with E-state index in [4.69, 9.17) is 0 Å². The van der Waals surface area contributed by atoms with Gasteiger partial charge in [-0.3, -0.25) is 14.0 Å². The molecule has 0 aliphatic carbocycles. The highest BCUT2D eigenvalue weighted by Crippen LogP contribution is 2.18. The third-order valence-corrected chi connectivity index (χ3v) is 3.35. The van der Waals surface area contributed by atoms with E-state index in [1.165, 1.54) is 33.9 Å². The molecule has 1 atom stereocenters. The fraction of sp³-hybridized carbons (Fsp3) is 0.214. The molecule has 0 saturated carbocycles. The van der Waals surface area contributed by atoms with Crippen LogP contribution in [0.25, 0.3) is 11.0 Å². The molecule has 21 heavy (non-hydrogen) atoms. The number of rotatable bonds is 3. The molecule has 0 spiro atoms. The van der Waals surface area contributed by atoms with Gasteiger partial charge in [0, 0.05) is 12.6 Å². The number of aromatic nitrogens is 4. The average molecular weight is 288 g/mol. The summed E-state index contributed by atoms with van der Waals surface area (Å²) in [6.45, 7) is -0.0718. The first kappa shape index (κ1) is 13.4. The molecule has 2 aromatic heterocycles. The van der Waals surface area contributed by atoms with Crippen molar-refractivity contribution >= 4 is 11.0 Å². The lowest BCUT2D eigenvalue weighted by atomic mass is 10.1. The van der Waals surface area contributed by atoms with Gasteiger partial charge in [-0.1, -0.05) is 18.2 Å². The second-order valence-electron chi connectivity index (χ2n) is 4.74. The van der Waals surface area contributed by atoms with Crippen LogP contribution in [0.2, 0.25) is 0 Å². The normalized spacial score (nSPS) is 12.7. The Hall–Kier alpha value is -2.54. The van der Waals surface area contributed by atoms with Crippen LogP contribution in [-0.2, 0) is 13.6 Å². The van der Waals surface area contributed by atoms with Crippen LogP contribution >= 0.6 is 0 Å². The molecule has 2 heterocycles. The van der Waals surface area contributed by atoms with Gasteiger partial charge in [-0.25, -0.2) is 9.37 Å². The van der Waals surface area contributed by atoms with Crippen LogP contribution in [0.1, 0.15) is 11.7 Å². The highest BCUT2D eigenvalue weighted by molar-refractivity contribution is 5.72. The van der Waals surface area contributed by atoms with Crippen LogP contribution in [-0.4, -0.2) is 24.4 Å². The maximum atomic E-state index is 13.6. The van der Waals surface area contributed by atoms with E-state index in [0.717, 1.165) is 0 Å². The molecule has 6 nitrogen and oxygen atoms in total. The van der Waals surface area contributed by atoms with Gasteiger partial charge >= 0.3 is 0 Å². The summed E-state index contributed by atoms with van der Waals surface area (Å²) in [4.78, 5) is 16.4. The SMILES string of the molecule is Cn1ncc2c(=O)n(CC(O)c3ccccc3F)cnc21. The largest absolute Gasteiger partial charge is 0.386 e. The standard InChI is InChI=1S/C14H13FN4O2/c1-18-13-10(6-17-18)14(21)19(8-16-13)7-12(20)9-4-2-3-5-11(9)15/h2-6,8,12,20H,7H2,1H3. The van der Waals surface area contributed by atoms with Crippen molar-refractivity contribution in [1.82, 2.24) is 19.3 Å². The van der Waals surface area contributed by atoms with Gasteiger partial charge < -0.3 is 5.11 Å². The molecule has 1 N–H and O–H groups in total. The van der Waals surface area contributed by atoms with Crippen molar-refractivity contribution < 1.29 is 9.50 Å². The van der Waals surface area contributed by atoms with Crippen molar-refractivity contribution in [2.24, 2.45) is 7.05 Å². The van der Waals surface area contributed by atoms with E-state index in [9.17, 15) is 14.3 Å². The van der Waals surface area contributed by atoms with Crippen molar-refractivity contribution in [2.75, 3.05) is 0 Å². The first-order chi connectivity index (χ1) is 10.1. The summed E-state index contributed by atoms with van der Waals surface area (Å²) in [7, 11) is 1.69. The summed E-state index contributed by atoms with van der Waals surface area (Å²) in [5.74, 6) is -0.506. The van der Waals surface area contributed by atoms with Crippen molar-refractivity contribution in [3.05, 3.63) is 58.5 Å². The van der Waals surface area contributed by atoms with E-state index in [1.807, 2.05) is 0 Å². The van der Waals surface area contributed by atoms with E-state index in [-0.39, 0.29) is 17.7 Å². The van der Waals surface area contributed by atoms with Gasteiger partial charge in [-0.2, -0.15) is 5.10 Å². The maximum Gasteiger partial charge on any atom is 0.264 e. The maximum absolute atomic E-state index is 13.6. The number of benzene rings is 1. The van der Waals surface area contributed by atoms with Crippen molar-refractivity contribution in [1.29, 1.82) is 0 Å². The fourth-order valence-electron chi connectivity index (χ4n) is 2.23. The molecule has 0 saturated heterocycles. The van der Waals surface area contributed by atoms with E-state index < -0.39 is 11.9 Å². The monoisotopic (exact) mass is 288 g/mol. The molecule has 0 aliphatic heterocycles. The smallest absolute Gasteiger partial charge is 0.264 e. The zero-order chi connectivity index (χ0) is 15.0. The van der Waals surface area contributed by atoms with Crippen LogP contribution in [0.3, 0.4) is 0 Å². The molecule has 0 radical (unpaired) electrons. The number of nitrogens with zero attached hydrogens (tertiary/aromatic N) is 4. The summed E-state index contributed by atoms with van der Waals surface area (Å²) >= 11 is 0. The molecule has 0 amide bonds. The predicted molar refractivity (Wildman–Crippen MR) is 74.1 cm³/mol. The molecule has 3 rings (SSSR count). The number of aliphatic hydroxyl groups excluding tert-OH is 1. The lowest BCUT2D eigenvalue weighted by Gasteiger charge is -2.13. The van der Waals surface area contributed by atoms with Gasteiger partial charge in [0.2, 0.25) is 0 Å². The first-order valence-corrected chi connectivity index (χ1v) is 6.37. The Balaban J connectivity index is 1.97. The summed E-state index contributed by atoms with van der Waals surface area (Å²) in [5, 5.41) is 14.4. The number of halogens is 1. The van der Waals surface area contributed by atoms with Gasteiger partial charge in [0.1, 0.15) is 17.5 Å². The Bertz CT molecular complexity index is 856. The summed E-state index contributed by atoms with van der Waals surface area (Å²) < 4.78 is 16.4. The van der Waals surface area contributed by atoms with Gasteiger partial charge in [-0.05, 0) is 6.07 Å². The summed E-state index contributed by atoms with van der Waals surface area (Å²) in [6, 6.07) is 5.93. The van der Waals surface area contributed by atoms with Gasteiger partial charge in [-0.15, -0.1) is 0 Å². The average Bonchev–Trinajstić information content (AvgIpc) is 2.84. The topological polar surface area (TPSA) is 72.9 Å². The number of hydrogen-bond donors (Lipinski definition) is 1. The molecular weight excluding hydrogens is 275 g/mol. The summed E-state index contributed by atoms with van der Waals surface area (Å²) in [5.41, 5.74) is 0.302. The van der Waals surface area contributed by atoms with E-state index >= 15 is 0 Å². The second-order valence-corrected chi connectivity index (χ2v) is 4.74. The Morgan fingerprint density at radius 1 is 1.38 bits per heavy atom. The zero-order valence-electron chi connectivity index (χ0n) is 11.3. The minimum atomic E-state index is -1.13. The fourth-order valence-corrected chi connectivity index (χ4v) is 2.23. The highest BCUT2D eigenvalue weighted by Gasteiger charge is 2.15. The summed E-state index contributed by atoms with van der Waals surface area (Å²) in [6.07, 6.45) is 1.63. The molecule has 1 aromatic carbocycles. The number of aliphatic hydroxyl groups is 1. The molecule has 3 aromatic rings. The Kier molecular flexibility index (Phi) is 3.26. The lowest BCUT2D eigenvalue weighted by Crippen LogP contribution is -2.24. The molecule has 0 fully saturated rings. The molecule has 0 aliphatic rings. The van der Waals surface area contributed by atoms with Crippen molar-refractivity contribution in [3.63, 3.8) is 0 Å². The van der Waals surface area contributed by atoms with E-state index in [1.54, 1.807) is 19.2 Å². The predicted octanol–water partition coefficient (Wildman–Crippen LogP) is 1.00. The van der Waals surface area contributed by atoms with Crippen molar-refractivity contribution in [2.45, 2.75) is 12.6 Å². The second kappa shape index (κ2) is 5.10. The van der Waals surface area contributed by atoms with Crippen LogP contribution in [0, 0.1) is 5.82 Å². The van der Waals surface area contributed by atoms with Gasteiger partial charge in [0.15, 0.2) is 5.65 Å². The number of hydrogen-bond acceptors (Lipinski definition) is 4. The lowest BCUT2D eigenvalue weighted by molar-refractivity contribution is 0.150. The molecule has 0 bridgehead atoms. The Morgan fingerprint density at radius 3 is 2.90 bits per heavy atom. The molecule has 7 heteroatoms. The van der Waals surface area contributed by atoms with E-state index in [0.29, 0.717) is 11.0 Å². The molecule has 108 valence electrons. The van der Waals surface area contributed by atoms with Crippen molar-refractivity contribution in [3.8, 4) is 0 Å². The molecular formula is C14H13FN4O2. The zero-order valence-corrected chi connectivity index (χ0v) is 11.3. The Labute approximate surface area is 119 Å². The van der Waals surface area contributed by atoms with Gasteiger partial charge in [0.05, 0.1) is 18.8 Å². The molecule has 1 unspecified atom stereocenters. The first-order valence-electron chi connectivity index (χ1n) is 6.37. The number of fused-ring (bicyclic) bond motifs is 1. The third-order valence-electron chi connectivity index (χ3n) is 3.35. The highest BCUT2D eigenvalue weighted by atomic mass is 19.1. The quantitative estimate of drug-likeness (QED) is 0.780. The Morgan fingerprint density at radius 2 is 2.14 bits per heavy atom. The third kappa shape index (κ3) is 2.31. The van der Waals surface area contributed by atoms with Crippen LogP contribution in [0.5, 0.6) is 0 Å². The number of aryl methyl sites for hydroxylation is 1. The minimum Gasteiger partial charge on any atom is -0.386 e. The van der Waals surface area contributed by atoms with Gasteiger partial charge in [0.25, 0.3) is 5.56 Å². The van der Waals surface area contributed by atoms with Crippen LogP contribution in [0.15, 0.2) is 41.6 Å². The van der Waals surface area contributed by atoms with Crippen LogP contribution < -0.4 is 5.56 Å². The van der Waals surface area contributed by atoms with E-state index in [2.05, 4.69) is 10.1 Å².